The number of rotatable bonds is 3. The Morgan fingerprint density at radius 2 is 1.93 bits per heavy atom. The van der Waals surface area contributed by atoms with E-state index in [1.807, 2.05) is 0 Å². The maximum atomic E-state index is 11.3. The Morgan fingerprint density at radius 1 is 1.40 bits per heavy atom. The number of sulfonamides is 1. The molecular formula is C9H12N2O2S2. The van der Waals surface area contributed by atoms with Gasteiger partial charge in [0, 0.05) is 12.6 Å². The number of hydrogen-bond donors (Lipinski definition) is 1. The van der Waals surface area contributed by atoms with E-state index in [2.05, 4.69) is 0 Å². The van der Waals surface area contributed by atoms with Crippen LogP contribution < -0.4 is 10.0 Å². The first kappa shape index (κ1) is 11.9. The molecule has 0 aliphatic heterocycles. The summed E-state index contributed by atoms with van der Waals surface area (Å²) in [5.74, 6) is 0. The van der Waals surface area contributed by atoms with Crippen molar-refractivity contribution in [3.63, 3.8) is 0 Å². The molecule has 15 heavy (non-hydrogen) atoms. The summed E-state index contributed by atoms with van der Waals surface area (Å²) in [6, 6.07) is 6.85. The minimum atomic E-state index is -3.29. The molecular weight excluding hydrogens is 232 g/mol. The van der Waals surface area contributed by atoms with Crippen molar-refractivity contribution in [2.75, 3.05) is 17.6 Å². The number of nitrogens with zero attached hydrogens (tertiary/aromatic N) is 1. The average Bonchev–Trinajstić information content (AvgIpc) is 2.15. The van der Waals surface area contributed by atoms with Crippen LogP contribution in [0.1, 0.15) is 5.56 Å². The summed E-state index contributed by atoms with van der Waals surface area (Å²) in [5, 5.41) is 0. The summed E-state index contributed by atoms with van der Waals surface area (Å²) in [4.78, 5) is 0.182. The van der Waals surface area contributed by atoms with Gasteiger partial charge in [-0.1, -0.05) is 24.4 Å². The normalized spacial score (nSPS) is 11.1. The fraction of sp³-hybridized carbons (Fsp3) is 0.222. The van der Waals surface area contributed by atoms with E-state index in [1.54, 1.807) is 24.3 Å². The molecule has 0 atom stereocenters. The SMILES string of the molecule is CN(c1ccccc1C(N)=S)S(C)(=O)=O. The fourth-order valence-electron chi connectivity index (χ4n) is 1.14. The molecule has 0 heterocycles. The van der Waals surface area contributed by atoms with E-state index in [9.17, 15) is 8.42 Å². The van der Waals surface area contributed by atoms with Crippen molar-refractivity contribution in [2.24, 2.45) is 5.73 Å². The summed E-state index contributed by atoms with van der Waals surface area (Å²) in [5.41, 5.74) is 6.55. The lowest BCUT2D eigenvalue weighted by molar-refractivity contribution is 0.600. The molecule has 0 spiro atoms. The molecule has 0 aliphatic carbocycles. The van der Waals surface area contributed by atoms with Crippen LogP contribution in [0.5, 0.6) is 0 Å². The second-order valence-electron chi connectivity index (χ2n) is 3.11. The van der Waals surface area contributed by atoms with Crippen LogP contribution in [0.3, 0.4) is 0 Å². The van der Waals surface area contributed by atoms with Crippen LogP contribution in [0.4, 0.5) is 5.69 Å². The number of para-hydroxylation sites is 1. The van der Waals surface area contributed by atoms with Gasteiger partial charge in [0.2, 0.25) is 10.0 Å². The van der Waals surface area contributed by atoms with Crippen molar-refractivity contribution in [2.45, 2.75) is 0 Å². The van der Waals surface area contributed by atoms with E-state index in [1.165, 1.54) is 7.05 Å². The van der Waals surface area contributed by atoms with E-state index >= 15 is 0 Å². The van der Waals surface area contributed by atoms with Crippen molar-refractivity contribution < 1.29 is 8.42 Å². The Balaban J connectivity index is 3.32. The lowest BCUT2D eigenvalue weighted by Crippen LogP contribution is -2.27. The van der Waals surface area contributed by atoms with Crippen LogP contribution in [0.25, 0.3) is 0 Å². The predicted molar refractivity (Wildman–Crippen MR) is 65.6 cm³/mol. The zero-order chi connectivity index (χ0) is 11.6. The Morgan fingerprint density at radius 3 is 2.40 bits per heavy atom. The minimum absolute atomic E-state index is 0.182. The molecule has 6 heteroatoms. The highest BCUT2D eigenvalue weighted by atomic mass is 32.2. The highest BCUT2D eigenvalue weighted by Crippen LogP contribution is 2.20. The Hall–Kier alpha value is -1.14. The molecule has 0 bridgehead atoms. The molecule has 0 saturated carbocycles. The van der Waals surface area contributed by atoms with Gasteiger partial charge >= 0.3 is 0 Å². The molecule has 0 aromatic heterocycles. The molecule has 0 aliphatic rings. The number of hydrogen-bond acceptors (Lipinski definition) is 3. The fourth-order valence-corrected chi connectivity index (χ4v) is 1.82. The first-order valence-corrected chi connectivity index (χ1v) is 6.42. The van der Waals surface area contributed by atoms with Gasteiger partial charge in [0.25, 0.3) is 0 Å². The smallest absolute Gasteiger partial charge is 0.232 e. The first-order chi connectivity index (χ1) is 6.84. The number of nitrogens with two attached hydrogens (primary N) is 1. The monoisotopic (exact) mass is 244 g/mol. The maximum absolute atomic E-state index is 11.3. The van der Waals surface area contributed by atoms with Crippen LogP contribution in [0, 0.1) is 0 Å². The second kappa shape index (κ2) is 4.16. The maximum Gasteiger partial charge on any atom is 0.232 e. The molecule has 2 N–H and O–H groups in total. The molecule has 0 unspecified atom stereocenters. The largest absolute Gasteiger partial charge is 0.389 e. The average molecular weight is 244 g/mol. The van der Waals surface area contributed by atoms with E-state index in [0.29, 0.717) is 11.3 Å². The lowest BCUT2D eigenvalue weighted by Gasteiger charge is -2.19. The van der Waals surface area contributed by atoms with Gasteiger partial charge in [-0.05, 0) is 12.1 Å². The third kappa shape index (κ3) is 2.66. The molecule has 0 radical (unpaired) electrons. The van der Waals surface area contributed by atoms with Gasteiger partial charge in [-0.25, -0.2) is 8.42 Å². The summed E-state index contributed by atoms with van der Waals surface area (Å²) in [6.45, 7) is 0. The van der Waals surface area contributed by atoms with Crippen molar-refractivity contribution in [1.29, 1.82) is 0 Å². The zero-order valence-corrected chi connectivity index (χ0v) is 10.1. The van der Waals surface area contributed by atoms with Crippen molar-refractivity contribution >= 4 is 32.9 Å². The van der Waals surface area contributed by atoms with Gasteiger partial charge in [0.15, 0.2) is 0 Å². The first-order valence-electron chi connectivity index (χ1n) is 4.17. The number of thiocarbonyl (C=S) groups is 1. The van der Waals surface area contributed by atoms with Gasteiger partial charge in [-0.15, -0.1) is 0 Å². The summed E-state index contributed by atoms with van der Waals surface area (Å²) in [7, 11) is -1.83. The van der Waals surface area contributed by atoms with Crippen LogP contribution in [0.15, 0.2) is 24.3 Å². The van der Waals surface area contributed by atoms with E-state index < -0.39 is 10.0 Å². The van der Waals surface area contributed by atoms with E-state index in [4.69, 9.17) is 18.0 Å². The molecule has 1 rings (SSSR count). The van der Waals surface area contributed by atoms with Gasteiger partial charge in [0.05, 0.1) is 11.9 Å². The molecule has 0 amide bonds. The summed E-state index contributed by atoms with van der Waals surface area (Å²) in [6.07, 6.45) is 1.13. The van der Waals surface area contributed by atoms with Crippen molar-refractivity contribution in [1.82, 2.24) is 0 Å². The van der Waals surface area contributed by atoms with E-state index in [-0.39, 0.29) is 4.99 Å². The quantitative estimate of drug-likeness (QED) is 0.796. The van der Waals surface area contributed by atoms with Gasteiger partial charge in [-0.3, -0.25) is 4.31 Å². The summed E-state index contributed by atoms with van der Waals surface area (Å²) >= 11 is 4.85. The highest BCUT2D eigenvalue weighted by molar-refractivity contribution is 7.92. The van der Waals surface area contributed by atoms with Gasteiger partial charge in [-0.2, -0.15) is 0 Å². The predicted octanol–water partition coefficient (Wildman–Crippen LogP) is 0.717. The number of anilines is 1. The summed E-state index contributed by atoms with van der Waals surface area (Å²) < 4.78 is 23.9. The van der Waals surface area contributed by atoms with Crippen molar-refractivity contribution in [3.05, 3.63) is 29.8 Å². The molecule has 0 fully saturated rings. The van der Waals surface area contributed by atoms with Gasteiger partial charge < -0.3 is 5.73 Å². The Bertz CT molecular complexity index is 483. The molecule has 0 saturated heterocycles. The molecule has 4 nitrogen and oxygen atoms in total. The number of benzene rings is 1. The zero-order valence-electron chi connectivity index (χ0n) is 8.47. The lowest BCUT2D eigenvalue weighted by atomic mass is 10.2. The minimum Gasteiger partial charge on any atom is -0.389 e. The highest BCUT2D eigenvalue weighted by Gasteiger charge is 2.15. The standard InChI is InChI=1S/C9H12N2O2S2/c1-11(15(2,12)13)8-6-4-3-5-7(8)9(10)14/h3-6H,1-2H3,(H2,10,14). The Kier molecular flexibility index (Phi) is 3.31. The van der Waals surface area contributed by atoms with E-state index in [0.717, 1.165) is 10.6 Å². The third-order valence-electron chi connectivity index (χ3n) is 2.01. The second-order valence-corrected chi connectivity index (χ2v) is 5.57. The van der Waals surface area contributed by atoms with Gasteiger partial charge in [0.1, 0.15) is 4.99 Å². The Labute approximate surface area is 94.7 Å². The molecule has 82 valence electrons. The molecule has 1 aromatic carbocycles. The van der Waals surface area contributed by atoms with Crippen molar-refractivity contribution in [3.8, 4) is 0 Å². The topological polar surface area (TPSA) is 63.4 Å². The van der Waals surface area contributed by atoms with Crippen LogP contribution in [-0.2, 0) is 10.0 Å². The molecule has 1 aromatic rings. The van der Waals surface area contributed by atoms with Crippen LogP contribution in [-0.4, -0.2) is 26.7 Å². The van der Waals surface area contributed by atoms with Crippen LogP contribution in [0.2, 0.25) is 0 Å². The third-order valence-corrected chi connectivity index (χ3v) is 3.42. The van der Waals surface area contributed by atoms with Crippen LogP contribution >= 0.6 is 12.2 Å².